The van der Waals surface area contributed by atoms with E-state index in [1.54, 1.807) is 35.1 Å². The lowest BCUT2D eigenvalue weighted by Crippen LogP contribution is -2.05. The molecule has 22 heavy (non-hydrogen) atoms. The Morgan fingerprint density at radius 1 is 1.18 bits per heavy atom. The molecule has 0 amide bonds. The number of hydrogen-bond acceptors (Lipinski definition) is 4. The van der Waals surface area contributed by atoms with Gasteiger partial charge in [0.05, 0.1) is 11.9 Å². The molecule has 0 aliphatic heterocycles. The van der Waals surface area contributed by atoms with E-state index in [4.69, 9.17) is 5.73 Å². The van der Waals surface area contributed by atoms with Crippen molar-refractivity contribution in [2.45, 2.75) is 13.3 Å². The Kier molecular flexibility index (Phi) is 3.70. The fraction of sp³-hybridized carbons (Fsp3) is 0.118. The summed E-state index contributed by atoms with van der Waals surface area (Å²) < 4.78 is 1.60. The number of nitrogens with zero attached hydrogens (tertiary/aromatic N) is 3. The van der Waals surface area contributed by atoms with Gasteiger partial charge in [0.2, 0.25) is 5.78 Å². The van der Waals surface area contributed by atoms with E-state index >= 15 is 0 Å². The van der Waals surface area contributed by atoms with E-state index in [-0.39, 0.29) is 11.5 Å². The zero-order chi connectivity index (χ0) is 15.5. The number of nitrogens with two attached hydrogens (primary N) is 1. The number of aromatic nitrogens is 3. The number of ketones is 1. The highest BCUT2D eigenvalue weighted by Crippen LogP contribution is 2.16. The van der Waals surface area contributed by atoms with Crippen LogP contribution in [0.1, 0.15) is 28.5 Å². The number of nitrogen functional groups attached to an aromatic ring is 1. The first-order valence-electron chi connectivity index (χ1n) is 7.10. The van der Waals surface area contributed by atoms with Crippen molar-refractivity contribution in [3.63, 3.8) is 0 Å². The van der Waals surface area contributed by atoms with Crippen LogP contribution >= 0.6 is 0 Å². The molecule has 0 radical (unpaired) electrons. The fourth-order valence-corrected chi connectivity index (χ4v) is 2.25. The molecule has 0 saturated carbocycles. The Bertz CT molecular complexity index is 823. The molecule has 0 atom stereocenters. The molecule has 0 spiro atoms. The van der Waals surface area contributed by atoms with Crippen molar-refractivity contribution in [3.05, 3.63) is 71.5 Å². The Balaban J connectivity index is 1.94. The number of rotatable bonds is 4. The van der Waals surface area contributed by atoms with Crippen LogP contribution in [-0.2, 0) is 6.42 Å². The van der Waals surface area contributed by atoms with Crippen molar-refractivity contribution >= 4 is 11.5 Å². The largest absolute Gasteiger partial charge is 0.398 e. The van der Waals surface area contributed by atoms with Crippen LogP contribution in [0.3, 0.4) is 0 Å². The molecule has 0 unspecified atom stereocenters. The number of benzene rings is 2. The summed E-state index contributed by atoms with van der Waals surface area (Å²) >= 11 is 0. The Morgan fingerprint density at radius 2 is 2.00 bits per heavy atom. The highest BCUT2D eigenvalue weighted by Gasteiger charge is 2.16. The van der Waals surface area contributed by atoms with Crippen molar-refractivity contribution in [1.29, 1.82) is 0 Å². The highest BCUT2D eigenvalue weighted by atomic mass is 16.1. The third-order valence-electron chi connectivity index (χ3n) is 3.51. The SMILES string of the molecule is CCc1cccc(-n2cc(C(=O)c3ccccc3N)nn2)c1. The molecule has 1 heterocycles. The Labute approximate surface area is 128 Å². The first-order valence-corrected chi connectivity index (χ1v) is 7.10. The normalized spacial score (nSPS) is 10.6. The van der Waals surface area contributed by atoms with Gasteiger partial charge in [0.25, 0.3) is 0 Å². The van der Waals surface area contributed by atoms with Crippen LogP contribution in [-0.4, -0.2) is 20.8 Å². The Morgan fingerprint density at radius 3 is 2.77 bits per heavy atom. The summed E-state index contributed by atoms with van der Waals surface area (Å²) in [5, 5.41) is 8.02. The molecule has 5 heteroatoms. The average molecular weight is 292 g/mol. The van der Waals surface area contributed by atoms with Crippen molar-refractivity contribution < 1.29 is 4.79 Å². The van der Waals surface area contributed by atoms with Gasteiger partial charge in [-0.25, -0.2) is 4.68 Å². The molecule has 1 aromatic heterocycles. The molecule has 5 nitrogen and oxygen atoms in total. The molecule has 2 aromatic carbocycles. The van der Waals surface area contributed by atoms with Gasteiger partial charge in [-0.1, -0.05) is 36.4 Å². The number of para-hydroxylation sites is 1. The lowest BCUT2D eigenvalue weighted by atomic mass is 10.1. The molecule has 0 saturated heterocycles. The minimum atomic E-state index is -0.226. The average Bonchev–Trinajstić information content (AvgIpc) is 3.05. The third kappa shape index (κ3) is 2.61. The zero-order valence-electron chi connectivity index (χ0n) is 12.2. The number of hydrogen-bond donors (Lipinski definition) is 1. The van der Waals surface area contributed by atoms with Crippen LogP contribution in [0.15, 0.2) is 54.7 Å². The van der Waals surface area contributed by atoms with E-state index in [0.29, 0.717) is 11.3 Å². The van der Waals surface area contributed by atoms with E-state index in [0.717, 1.165) is 12.1 Å². The van der Waals surface area contributed by atoms with Crippen molar-refractivity contribution in [3.8, 4) is 5.69 Å². The van der Waals surface area contributed by atoms with Crippen LogP contribution in [0.2, 0.25) is 0 Å². The van der Waals surface area contributed by atoms with Gasteiger partial charge >= 0.3 is 0 Å². The summed E-state index contributed by atoms with van der Waals surface area (Å²) in [6, 6.07) is 14.9. The molecule has 3 rings (SSSR count). The van der Waals surface area contributed by atoms with E-state index < -0.39 is 0 Å². The molecular weight excluding hydrogens is 276 g/mol. The number of aryl methyl sites for hydroxylation is 1. The second-order valence-electron chi connectivity index (χ2n) is 4.99. The number of carbonyl (C=O) groups excluding carboxylic acids is 1. The van der Waals surface area contributed by atoms with Gasteiger partial charge in [-0.2, -0.15) is 0 Å². The van der Waals surface area contributed by atoms with Crippen LogP contribution in [0.4, 0.5) is 5.69 Å². The molecule has 110 valence electrons. The third-order valence-corrected chi connectivity index (χ3v) is 3.51. The van der Waals surface area contributed by atoms with Gasteiger partial charge in [-0.15, -0.1) is 5.10 Å². The minimum Gasteiger partial charge on any atom is -0.398 e. The summed E-state index contributed by atoms with van der Waals surface area (Å²) in [6.45, 7) is 2.09. The van der Waals surface area contributed by atoms with Gasteiger partial charge < -0.3 is 5.73 Å². The van der Waals surface area contributed by atoms with Crippen molar-refractivity contribution in [2.75, 3.05) is 5.73 Å². The minimum absolute atomic E-state index is 0.226. The molecule has 0 bridgehead atoms. The van der Waals surface area contributed by atoms with Crippen LogP contribution in [0.25, 0.3) is 5.69 Å². The van der Waals surface area contributed by atoms with Gasteiger partial charge in [-0.05, 0) is 36.2 Å². The second-order valence-corrected chi connectivity index (χ2v) is 4.99. The quantitative estimate of drug-likeness (QED) is 0.592. The standard InChI is InChI=1S/C17H16N4O/c1-2-12-6-5-7-13(10-12)21-11-16(19-20-21)17(22)14-8-3-4-9-15(14)18/h3-11H,2,18H2,1H3. The first kappa shape index (κ1) is 14.0. The van der Waals surface area contributed by atoms with Crippen LogP contribution < -0.4 is 5.73 Å². The van der Waals surface area contributed by atoms with E-state index in [9.17, 15) is 4.79 Å². The van der Waals surface area contributed by atoms with Gasteiger partial charge in [0.1, 0.15) is 0 Å². The monoisotopic (exact) mass is 292 g/mol. The molecular formula is C17H16N4O. The van der Waals surface area contributed by atoms with Crippen molar-refractivity contribution in [1.82, 2.24) is 15.0 Å². The van der Waals surface area contributed by atoms with Gasteiger partial charge in [0, 0.05) is 11.3 Å². The smallest absolute Gasteiger partial charge is 0.216 e. The number of anilines is 1. The predicted octanol–water partition coefficient (Wildman–Crippen LogP) is 2.64. The van der Waals surface area contributed by atoms with E-state index in [2.05, 4.69) is 23.3 Å². The predicted molar refractivity (Wildman–Crippen MR) is 85.0 cm³/mol. The molecule has 0 aliphatic rings. The lowest BCUT2D eigenvalue weighted by Gasteiger charge is -2.02. The number of carbonyl (C=O) groups is 1. The highest BCUT2D eigenvalue weighted by molar-refractivity contribution is 6.10. The lowest BCUT2D eigenvalue weighted by molar-refractivity contribution is 0.103. The first-order chi connectivity index (χ1) is 10.7. The summed E-state index contributed by atoms with van der Waals surface area (Å²) in [4.78, 5) is 12.4. The van der Waals surface area contributed by atoms with Gasteiger partial charge in [-0.3, -0.25) is 4.79 Å². The fourth-order valence-electron chi connectivity index (χ4n) is 2.25. The van der Waals surface area contributed by atoms with Crippen molar-refractivity contribution in [2.24, 2.45) is 0 Å². The maximum Gasteiger partial charge on any atom is 0.216 e. The zero-order valence-corrected chi connectivity index (χ0v) is 12.2. The van der Waals surface area contributed by atoms with E-state index in [1.807, 2.05) is 18.2 Å². The van der Waals surface area contributed by atoms with E-state index in [1.165, 1.54) is 5.56 Å². The Hall–Kier alpha value is -2.95. The summed E-state index contributed by atoms with van der Waals surface area (Å²) in [7, 11) is 0. The van der Waals surface area contributed by atoms with Gasteiger partial charge in [0.15, 0.2) is 5.69 Å². The molecule has 3 aromatic rings. The summed E-state index contributed by atoms with van der Waals surface area (Å²) in [5.41, 5.74) is 9.08. The molecule has 0 fully saturated rings. The molecule has 2 N–H and O–H groups in total. The maximum absolute atomic E-state index is 12.4. The molecule has 0 aliphatic carbocycles. The topological polar surface area (TPSA) is 73.8 Å². The summed E-state index contributed by atoms with van der Waals surface area (Å²) in [6.07, 6.45) is 2.57. The van der Waals surface area contributed by atoms with Crippen LogP contribution in [0, 0.1) is 0 Å². The maximum atomic E-state index is 12.4. The van der Waals surface area contributed by atoms with Crippen LogP contribution in [0.5, 0.6) is 0 Å². The second kappa shape index (κ2) is 5.81. The summed E-state index contributed by atoms with van der Waals surface area (Å²) in [5.74, 6) is -0.226.